The minimum absolute atomic E-state index is 0.0905. The molecule has 0 saturated carbocycles. The molecule has 0 fully saturated rings. The molecule has 30 heavy (non-hydrogen) atoms. The summed E-state index contributed by atoms with van der Waals surface area (Å²) in [4.78, 5) is 0.0905. The fourth-order valence-electron chi connectivity index (χ4n) is 2.90. The van der Waals surface area contributed by atoms with Gasteiger partial charge in [0.25, 0.3) is 0 Å². The summed E-state index contributed by atoms with van der Waals surface area (Å²) in [5, 5.41) is 3.39. The third kappa shape index (κ3) is 5.34. The van der Waals surface area contributed by atoms with Crippen LogP contribution < -0.4 is 14.2 Å². The first kappa shape index (κ1) is 22.2. The fraction of sp³-hybridized carbons (Fsp3) is 0.217. The summed E-state index contributed by atoms with van der Waals surface area (Å²) in [5.41, 5.74) is 4.07. The first-order valence-electron chi connectivity index (χ1n) is 9.56. The summed E-state index contributed by atoms with van der Waals surface area (Å²) in [6.45, 7) is 6.70. The SMILES string of the molecule is CCOc1cc(CNc2ccccc2C)cc(Br)c1OS(=O)(=O)c1ccc(C)cc1. The molecule has 7 heteroatoms. The van der Waals surface area contributed by atoms with E-state index in [0.717, 1.165) is 22.4 Å². The molecular formula is C23H24BrNO4S. The summed E-state index contributed by atoms with van der Waals surface area (Å²) >= 11 is 3.45. The van der Waals surface area contributed by atoms with Gasteiger partial charge in [-0.1, -0.05) is 35.9 Å². The maximum absolute atomic E-state index is 12.7. The van der Waals surface area contributed by atoms with Gasteiger partial charge in [-0.05, 0) is 78.2 Å². The number of para-hydroxylation sites is 1. The zero-order valence-electron chi connectivity index (χ0n) is 17.1. The molecule has 0 unspecified atom stereocenters. The van der Waals surface area contributed by atoms with Gasteiger partial charge >= 0.3 is 10.1 Å². The second-order valence-corrected chi connectivity index (χ2v) is 9.26. The number of nitrogens with one attached hydrogen (secondary N) is 1. The zero-order valence-corrected chi connectivity index (χ0v) is 19.5. The number of aryl methyl sites for hydroxylation is 2. The van der Waals surface area contributed by atoms with E-state index in [9.17, 15) is 8.42 Å². The van der Waals surface area contributed by atoms with Crippen LogP contribution in [0.15, 0.2) is 70.0 Å². The van der Waals surface area contributed by atoms with Crippen LogP contribution in [0, 0.1) is 13.8 Å². The molecule has 0 amide bonds. The van der Waals surface area contributed by atoms with Gasteiger partial charge < -0.3 is 14.2 Å². The lowest BCUT2D eigenvalue weighted by Gasteiger charge is -2.16. The second-order valence-electron chi connectivity index (χ2n) is 6.86. The van der Waals surface area contributed by atoms with Gasteiger partial charge in [0.1, 0.15) is 4.90 Å². The predicted molar refractivity (Wildman–Crippen MR) is 123 cm³/mol. The molecule has 0 aliphatic heterocycles. The number of hydrogen-bond donors (Lipinski definition) is 1. The fourth-order valence-corrected chi connectivity index (χ4v) is 4.53. The highest BCUT2D eigenvalue weighted by Gasteiger charge is 2.22. The van der Waals surface area contributed by atoms with E-state index in [-0.39, 0.29) is 10.6 Å². The lowest BCUT2D eigenvalue weighted by atomic mass is 10.1. The molecule has 3 aromatic carbocycles. The Morgan fingerprint density at radius 3 is 2.37 bits per heavy atom. The number of rotatable bonds is 8. The molecule has 0 aliphatic rings. The van der Waals surface area contributed by atoms with Crippen LogP contribution in [0.25, 0.3) is 0 Å². The van der Waals surface area contributed by atoms with Crippen molar-refractivity contribution >= 4 is 31.7 Å². The van der Waals surface area contributed by atoms with Crippen LogP contribution in [0.3, 0.4) is 0 Å². The lowest BCUT2D eigenvalue weighted by Crippen LogP contribution is -2.12. The number of ether oxygens (including phenoxy) is 1. The van der Waals surface area contributed by atoms with E-state index in [4.69, 9.17) is 8.92 Å². The van der Waals surface area contributed by atoms with Gasteiger partial charge in [-0.3, -0.25) is 0 Å². The summed E-state index contributed by atoms with van der Waals surface area (Å²) in [5.74, 6) is 0.501. The Bertz CT molecular complexity index is 1130. The monoisotopic (exact) mass is 489 g/mol. The molecular weight excluding hydrogens is 466 g/mol. The Morgan fingerprint density at radius 1 is 1.00 bits per heavy atom. The van der Waals surface area contributed by atoms with Crippen molar-refractivity contribution in [2.75, 3.05) is 11.9 Å². The Hall–Kier alpha value is -2.51. The molecule has 3 rings (SSSR count). The molecule has 5 nitrogen and oxygen atoms in total. The molecule has 0 aliphatic carbocycles. The number of anilines is 1. The number of hydrogen-bond acceptors (Lipinski definition) is 5. The summed E-state index contributed by atoms with van der Waals surface area (Å²) < 4.78 is 37.1. The maximum Gasteiger partial charge on any atom is 0.339 e. The van der Waals surface area contributed by atoms with E-state index in [1.807, 2.05) is 51.1 Å². The van der Waals surface area contributed by atoms with Crippen molar-refractivity contribution in [3.05, 3.63) is 81.8 Å². The average molecular weight is 490 g/mol. The smallest absolute Gasteiger partial charge is 0.339 e. The summed E-state index contributed by atoms with van der Waals surface area (Å²) in [6.07, 6.45) is 0. The molecule has 0 heterocycles. The minimum Gasteiger partial charge on any atom is -0.490 e. The highest BCUT2D eigenvalue weighted by Crippen LogP contribution is 2.39. The Labute approximate surface area is 186 Å². The minimum atomic E-state index is -3.99. The van der Waals surface area contributed by atoms with Crippen molar-refractivity contribution in [2.45, 2.75) is 32.2 Å². The third-order valence-electron chi connectivity index (χ3n) is 4.50. The van der Waals surface area contributed by atoms with Gasteiger partial charge in [-0.25, -0.2) is 0 Å². The molecule has 0 aromatic heterocycles. The van der Waals surface area contributed by atoms with E-state index >= 15 is 0 Å². The van der Waals surface area contributed by atoms with Gasteiger partial charge in [0.05, 0.1) is 11.1 Å². The number of halogens is 1. The van der Waals surface area contributed by atoms with Gasteiger partial charge in [0.2, 0.25) is 0 Å². The van der Waals surface area contributed by atoms with Crippen LogP contribution in [-0.2, 0) is 16.7 Å². The van der Waals surface area contributed by atoms with E-state index in [1.54, 1.807) is 18.2 Å². The number of benzene rings is 3. The molecule has 0 radical (unpaired) electrons. The van der Waals surface area contributed by atoms with E-state index in [1.165, 1.54) is 12.1 Å². The quantitative estimate of drug-likeness (QED) is 0.402. The van der Waals surface area contributed by atoms with Crippen LogP contribution in [0.1, 0.15) is 23.6 Å². The van der Waals surface area contributed by atoms with Crippen molar-refractivity contribution in [2.24, 2.45) is 0 Å². The standard InChI is InChI=1S/C23H24BrNO4S/c1-4-28-22-14-18(15-25-21-8-6-5-7-17(21)3)13-20(24)23(22)29-30(26,27)19-11-9-16(2)10-12-19/h5-14,25H,4,15H2,1-3H3. The van der Waals surface area contributed by atoms with Crippen molar-refractivity contribution in [1.82, 2.24) is 0 Å². The van der Waals surface area contributed by atoms with E-state index < -0.39 is 10.1 Å². The predicted octanol–water partition coefficient (Wildman–Crippen LogP) is 5.84. The molecule has 1 N–H and O–H groups in total. The van der Waals surface area contributed by atoms with Gasteiger partial charge in [-0.15, -0.1) is 0 Å². The topological polar surface area (TPSA) is 64.6 Å². The molecule has 158 valence electrons. The first-order valence-corrected chi connectivity index (χ1v) is 11.8. The van der Waals surface area contributed by atoms with Crippen molar-refractivity contribution in [3.8, 4) is 11.5 Å². The van der Waals surface area contributed by atoms with Crippen LogP contribution in [0.2, 0.25) is 0 Å². The summed E-state index contributed by atoms with van der Waals surface area (Å²) in [7, 11) is -3.99. The van der Waals surface area contributed by atoms with Crippen molar-refractivity contribution in [1.29, 1.82) is 0 Å². The Kier molecular flexibility index (Phi) is 7.05. The molecule has 0 bridgehead atoms. The van der Waals surface area contributed by atoms with Gasteiger partial charge in [0, 0.05) is 12.2 Å². The highest BCUT2D eigenvalue weighted by atomic mass is 79.9. The average Bonchev–Trinajstić information content (AvgIpc) is 2.70. The zero-order chi connectivity index (χ0) is 21.7. The lowest BCUT2D eigenvalue weighted by molar-refractivity contribution is 0.326. The highest BCUT2D eigenvalue weighted by molar-refractivity contribution is 9.10. The van der Waals surface area contributed by atoms with Gasteiger partial charge in [0.15, 0.2) is 11.5 Å². The summed E-state index contributed by atoms with van der Waals surface area (Å²) in [6, 6.07) is 18.2. The Morgan fingerprint density at radius 2 is 1.70 bits per heavy atom. The largest absolute Gasteiger partial charge is 0.490 e. The van der Waals surface area contributed by atoms with Crippen LogP contribution in [0.4, 0.5) is 5.69 Å². The normalized spacial score (nSPS) is 11.2. The van der Waals surface area contributed by atoms with E-state index in [2.05, 4.69) is 21.2 Å². The molecule has 0 atom stereocenters. The Balaban J connectivity index is 1.87. The molecule has 0 saturated heterocycles. The van der Waals surface area contributed by atoms with E-state index in [0.29, 0.717) is 23.4 Å². The maximum atomic E-state index is 12.7. The molecule has 3 aromatic rings. The van der Waals surface area contributed by atoms with Crippen molar-refractivity contribution in [3.63, 3.8) is 0 Å². The third-order valence-corrected chi connectivity index (χ3v) is 6.32. The van der Waals surface area contributed by atoms with Crippen LogP contribution in [0.5, 0.6) is 11.5 Å². The van der Waals surface area contributed by atoms with Crippen molar-refractivity contribution < 1.29 is 17.3 Å². The van der Waals surface area contributed by atoms with Crippen LogP contribution in [-0.4, -0.2) is 15.0 Å². The first-order chi connectivity index (χ1) is 14.3. The van der Waals surface area contributed by atoms with Gasteiger partial charge in [-0.2, -0.15) is 8.42 Å². The second kappa shape index (κ2) is 9.53. The van der Waals surface area contributed by atoms with Crippen LogP contribution >= 0.6 is 15.9 Å². The molecule has 0 spiro atoms.